The SMILES string of the molecule is CC(C[C@H](NN(CC(=O)O)C(C)(C)C)C(=O)O)C(F)(F)F. The molecule has 21 heavy (non-hydrogen) atoms. The van der Waals surface area contributed by atoms with E-state index in [-0.39, 0.29) is 0 Å². The van der Waals surface area contributed by atoms with Gasteiger partial charge in [0.2, 0.25) is 0 Å². The molecule has 0 amide bonds. The first kappa shape index (κ1) is 19.7. The van der Waals surface area contributed by atoms with Crippen LogP contribution in [0.4, 0.5) is 13.2 Å². The number of carboxylic acid groups (broad SMARTS) is 2. The molecule has 0 aliphatic carbocycles. The number of hydrogen-bond acceptors (Lipinski definition) is 4. The lowest BCUT2D eigenvalue weighted by Gasteiger charge is -2.37. The van der Waals surface area contributed by atoms with Crippen LogP contribution in [0.1, 0.15) is 34.1 Å². The van der Waals surface area contributed by atoms with Crippen LogP contribution in [-0.4, -0.2) is 51.5 Å². The first-order valence-corrected chi connectivity index (χ1v) is 6.30. The van der Waals surface area contributed by atoms with Crippen molar-refractivity contribution in [3.05, 3.63) is 0 Å². The van der Waals surface area contributed by atoms with Crippen molar-refractivity contribution in [2.45, 2.75) is 51.9 Å². The number of carbonyl (C=O) groups is 2. The Labute approximate surface area is 120 Å². The molecule has 0 aromatic heterocycles. The van der Waals surface area contributed by atoms with Crippen LogP contribution in [-0.2, 0) is 9.59 Å². The van der Waals surface area contributed by atoms with E-state index in [1.165, 1.54) is 0 Å². The maximum atomic E-state index is 12.5. The van der Waals surface area contributed by atoms with Gasteiger partial charge >= 0.3 is 18.1 Å². The van der Waals surface area contributed by atoms with Crippen molar-refractivity contribution < 1.29 is 33.0 Å². The van der Waals surface area contributed by atoms with Crippen molar-refractivity contribution in [3.8, 4) is 0 Å². The zero-order chi connectivity index (χ0) is 17.0. The van der Waals surface area contributed by atoms with Crippen molar-refractivity contribution in [1.82, 2.24) is 10.4 Å². The molecule has 3 N–H and O–H groups in total. The largest absolute Gasteiger partial charge is 0.480 e. The van der Waals surface area contributed by atoms with Crippen LogP contribution in [0.15, 0.2) is 0 Å². The maximum Gasteiger partial charge on any atom is 0.391 e. The molecule has 0 heterocycles. The highest BCUT2D eigenvalue weighted by Gasteiger charge is 2.39. The number of alkyl halides is 3. The monoisotopic (exact) mass is 314 g/mol. The molecule has 0 aliphatic heterocycles. The molecule has 0 saturated heterocycles. The van der Waals surface area contributed by atoms with Gasteiger partial charge < -0.3 is 10.2 Å². The van der Waals surface area contributed by atoms with Crippen LogP contribution in [0.2, 0.25) is 0 Å². The number of hydrogen-bond donors (Lipinski definition) is 3. The Kier molecular flexibility index (Phi) is 6.62. The first-order valence-electron chi connectivity index (χ1n) is 6.30. The summed E-state index contributed by atoms with van der Waals surface area (Å²) in [7, 11) is 0. The Balaban J connectivity index is 5.03. The molecule has 0 aromatic rings. The lowest BCUT2D eigenvalue weighted by atomic mass is 10.0. The molecule has 9 heteroatoms. The van der Waals surface area contributed by atoms with Crippen LogP contribution in [0.25, 0.3) is 0 Å². The standard InChI is InChI=1S/C12H21F3N2O4/c1-7(12(13,14)15)5-8(10(20)21)16-17(6-9(18)19)11(2,3)4/h7-8,16H,5-6H2,1-4H3,(H,18,19)(H,20,21)/t7?,8-/m0/s1. The van der Waals surface area contributed by atoms with Crippen molar-refractivity contribution in [3.63, 3.8) is 0 Å². The van der Waals surface area contributed by atoms with E-state index in [2.05, 4.69) is 5.43 Å². The van der Waals surface area contributed by atoms with Gasteiger partial charge in [-0.25, -0.2) is 10.4 Å². The van der Waals surface area contributed by atoms with Gasteiger partial charge in [-0.2, -0.15) is 13.2 Å². The number of halogens is 3. The second-order valence-corrected chi connectivity index (χ2v) is 5.85. The topological polar surface area (TPSA) is 89.9 Å². The third-order valence-electron chi connectivity index (χ3n) is 2.86. The van der Waals surface area contributed by atoms with Gasteiger partial charge in [0.1, 0.15) is 12.6 Å². The maximum absolute atomic E-state index is 12.5. The molecule has 2 atom stereocenters. The van der Waals surface area contributed by atoms with E-state index < -0.39 is 48.6 Å². The second-order valence-electron chi connectivity index (χ2n) is 5.85. The average molecular weight is 314 g/mol. The Bertz CT molecular complexity index is 380. The summed E-state index contributed by atoms with van der Waals surface area (Å²) < 4.78 is 37.6. The summed E-state index contributed by atoms with van der Waals surface area (Å²) in [6.07, 6.45) is -5.19. The summed E-state index contributed by atoms with van der Waals surface area (Å²) in [5.41, 5.74) is 1.61. The molecule has 0 bridgehead atoms. The summed E-state index contributed by atoms with van der Waals surface area (Å²) in [6, 6.07) is -1.53. The Hall–Kier alpha value is -1.35. The summed E-state index contributed by atoms with van der Waals surface area (Å²) in [5, 5.41) is 18.9. The molecule has 0 aromatic carbocycles. The molecule has 6 nitrogen and oxygen atoms in total. The van der Waals surface area contributed by atoms with Crippen LogP contribution in [0, 0.1) is 5.92 Å². The van der Waals surface area contributed by atoms with Gasteiger partial charge in [0.15, 0.2) is 0 Å². The Morgan fingerprint density at radius 3 is 1.95 bits per heavy atom. The Morgan fingerprint density at radius 2 is 1.67 bits per heavy atom. The fourth-order valence-corrected chi connectivity index (χ4v) is 1.50. The fraction of sp³-hybridized carbons (Fsp3) is 0.833. The molecule has 1 unspecified atom stereocenters. The highest BCUT2D eigenvalue weighted by molar-refractivity contribution is 5.73. The van der Waals surface area contributed by atoms with Gasteiger partial charge in [0.25, 0.3) is 0 Å². The lowest BCUT2D eigenvalue weighted by Crippen LogP contribution is -2.58. The smallest absolute Gasteiger partial charge is 0.391 e. The molecule has 0 spiro atoms. The van der Waals surface area contributed by atoms with E-state index >= 15 is 0 Å². The molecule has 0 fully saturated rings. The van der Waals surface area contributed by atoms with Crippen LogP contribution >= 0.6 is 0 Å². The number of aliphatic carboxylic acids is 2. The third-order valence-corrected chi connectivity index (χ3v) is 2.86. The van der Waals surface area contributed by atoms with Crippen molar-refractivity contribution in [1.29, 1.82) is 0 Å². The van der Waals surface area contributed by atoms with Crippen LogP contribution in [0.3, 0.4) is 0 Å². The average Bonchev–Trinajstić information content (AvgIpc) is 2.23. The van der Waals surface area contributed by atoms with Gasteiger partial charge in [-0.05, 0) is 27.2 Å². The number of carboxylic acids is 2. The molecule has 0 aliphatic rings. The van der Waals surface area contributed by atoms with Gasteiger partial charge in [-0.1, -0.05) is 6.92 Å². The number of hydrazine groups is 1. The van der Waals surface area contributed by atoms with Crippen molar-refractivity contribution in [2.75, 3.05) is 6.54 Å². The quantitative estimate of drug-likeness (QED) is 0.620. The Morgan fingerprint density at radius 1 is 1.19 bits per heavy atom. The molecule has 124 valence electrons. The van der Waals surface area contributed by atoms with Crippen molar-refractivity contribution >= 4 is 11.9 Å². The van der Waals surface area contributed by atoms with E-state index in [0.29, 0.717) is 0 Å². The minimum atomic E-state index is -4.51. The van der Waals surface area contributed by atoms with E-state index in [1.807, 2.05) is 0 Å². The van der Waals surface area contributed by atoms with Gasteiger partial charge in [0, 0.05) is 5.54 Å². The molecule has 0 saturated carbocycles. The highest BCUT2D eigenvalue weighted by atomic mass is 19.4. The first-order chi connectivity index (χ1) is 9.25. The number of nitrogens with one attached hydrogen (secondary N) is 1. The predicted molar refractivity (Wildman–Crippen MR) is 68.5 cm³/mol. The summed E-state index contributed by atoms with van der Waals surface area (Å²) in [6.45, 7) is 5.21. The number of nitrogens with zero attached hydrogens (tertiary/aromatic N) is 1. The highest BCUT2D eigenvalue weighted by Crippen LogP contribution is 2.29. The van der Waals surface area contributed by atoms with Gasteiger partial charge in [0.05, 0.1) is 5.92 Å². The molecular formula is C12H21F3N2O4. The summed E-state index contributed by atoms with van der Waals surface area (Å²) >= 11 is 0. The minimum Gasteiger partial charge on any atom is -0.480 e. The summed E-state index contributed by atoms with van der Waals surface area (Å²) in [5.74, 6) is -4.51. The van der Waals surface area contributed by atoms with Gasteiger partial charge in [-0.3, -0.25) is 9.59 Å². The van der Waals surface area contributed by atoms with E-state index in [9.17, 15) is 22.8 Å². The minimum absolute atomic E-state index is 0.534. The van der Waals surface area contributed by atoms with E-state index in [1.54, 1.807) is 20.8 Å². The van der Waals surface area contributed by atoms with Crippen molar-refractivity contribution in [2.24, 2.45) is 5.92 Å². The van der Waals surface area contributed by atoms with Crippen LogP contribution < -0.4 is 5.43 Å². The normalized spacial score (nSPS) is 15.8. The van der Waals surface area contributed by atoms with Gasteiger partial charge in [-0.15, -0.1) is 0 Å². The predicted octanol–water partition coefficient (Wildman–Crippen LogP) is 1.72. The van der Waals surface area contributed by atoms with Crippen LogP contribution in [0.5, 0.6) is 0 Å². The van der Waals surface area contributed by atoms with E-state index in [0.717, 1.165) is 11.9 Å². The zero-order valence-electron chi connectivity index (χ0n) is 12.4. The second kappa shape index (κ2) is 7.08. The third kappa shape index (κ3) is 7.28. The zero-order valence-corrected chi connectivity index (χ0v) is 12.4. The number of rotatable bonds is 7. The fourth-order valence-electron chi connectivity index (χ4n) is 1.50. The summed E-state index contributed by atoms with van der Waals surface area (Å²) in [4.78, 5) is 21.9. The molecule has 0 radical (unpaired) electrons. The van der Waals surface area contributed by atoms with E-state index in [4.69, 9.17) is 10.2 Å². The molecular weight excluding hydrogens is 293 g/mol. The molecule has 0 rings (SSSR count). The lowest BCUT2D eigenvalue weighted by molar-refractivity contribution is -0.176.